The number of carbonyl (C=O) groups is 1. The van der Waals surface area contributed by atoms with Gasteiger partial charge in [-0.2, -0.15) is 0 Å². The number of hydrogen-bond donors (Lipinski definition) is 1. The summed E-state index contributed by atoms with van der Waals surface area (Å²) in [5.74, 6) is 0.0567. The Kier molecular flexibility index (Phi) is 4.50. The first-order chi connectivity index (χ1) is 13.6. The number of benzene rings is 2. The Hall–Kier alpha value is -2.48. The summed E-state index contributed by atoms with van der Waals surface area (Å²) in [6, 6.07) is 17.0. The molecule has 0 unspecified atom stereocenters. The molecule has 2 bridgehead atoms. The summed E-state index contributed by atoms with van der Waals surface area (Å²) in [5.41, 5.74) is 2.20. The number of carboxylic acid groups (broad SMARTS) is 1. The molecule has 2 aromatic carbocycles. The number of ether oxygens (including phenoxy) is 1. The monoisotopic (exact) mass is 395 g/mol. The number of nitrogens with zero attached hydrogens (tertiary/aromatic N) is 3. The van der Waals surface area contributed by atoms with Gasteiger partial charge in [0.05, 0.1) is 16.8 Å². The summed E-state index contributed by atoms with van der Waals surface area (Å²) in [6.07, 6.45) is 1.08. The molecule has 0 saturated carbocycles. The minimum absolute atomic E-state index is 0.160. The molecule has 3 aromatic rings. The lowest BCUT2D eigenvalue weighted by Crippen LogP contribution is -2.47. The zero-order valence-electron chi connectivity index (χ0n) is 15.3. The van der Waals surface area contributed by atoms with E-state index < -0.39 is 5.97 Å². The van der Waals surface area contributed by atoms with E-state index in [9.17, 15) is 4.79 Å². The van der Waals surface area contributed by atoms with Crippen LogP contribution in [0.3, 0.4) is 0 Å². The summed E-state index contributed by atoms with van der Waals surface area (Å²) in [6.45, 7) is 2.86. The molecule has 5 rings (SSSR count). The van der Waals surface area contributed by atoms with Gasteiger partial charge in [0.15, 0.2) is 0 Å². The first kappa shape index (κ1) is 17.6. The van der Waals surface area contributed by atoms with Crippen LogP contribution >= 0.6 is 11.3 Å². The van der Waals surface area contributed by atoms with Crippen LogP contribution in [0, 0.1) is 0 Å². The maximum Gasteiger partial charge on any atom is 0.317 e. The zero-order valence-corrected chi connectivity index (χ0v) is 16.1. The second-order valence-corrected chi connectivity index (χ2v) is 8.48. The molecule has 2 fully saturated rings. The van der Waals surface area contributed by atoms with Crippen LogP contribution < -0.4 is 4.74 Å². The van der Waals surface area contributed by atoms with Crippen LogP contribution in [0.5, 0.6) is 10.9 Å². The van der Waals surface area contributed by atoms with Crippen molar-refractivity contribution in [3.05, 3.63) is 54.1 Å². The van der Waals surface area contributed by atoms with Crippen LogP contribution in [0.25, 0.3) is 10.2 Å². The van der Waals surface area contributed by atoms with Gasteiger partial charge in [0.1, 0.15) is 5.75 Å². The summed E-state index contributed by atoms with van der Waals surface area (Å²) < 4.78 is 7.04. The highest BCUT2D eigenvalue weighted by molar-refractivity contribution is 7.20. The average Bonchev–Trinajstić information content (AvgIpc) is 3.36. The fraction of sp³-hybridized carbons (Fsp3) is 0.333. The van der Waals surface area contributed by atoms with E-state index in [-0.39, 0.29) is 6.54 Å². The van der Waals surface area contributed by atoms with Crippen molar-refractivity contribution in [3.8, 4) is 10.9 Å². The fourth-order valence-corrected chi connectivity index (χ4v) is 5.12. The van der Waals surface area contributed by atoms with Crippen LogP contribution in [-0.2, 0) is 11.3 Å². The third-order valence-corrected chi connectivity index (χ3v) is 6.51. The molecule has 3 heterocycles. The molecule has 2 saturated heterocycles. The Balaban J connectivity index is 1.20. The summed E-state index contributed by atoms with van der Waals surface area (Å²) >= 11 is 1.55. The van der Waals surface area contributed by atoms with Gasteiger partial charge in [-0.1, -0.05) is 35.6 Å². The highest BCUT2D eigenvalue weighted by Gasteiger charge is 2.43. The summed E-state index contributed by atoms with van der Waals surface area (Å²) in [4.78, 5) is 20.0. The lowest BCUT2D eigenvalue weighted by molar-refractivity contribution is -0.138. The van der Waals surface area contributed by atoms with Crippen molar-refractivity contribution in [1.82, 2.24) is 14.8 Å². The number of aromatic nitrogens is 1. The van der Waals surface area contributed by atoms with Crippen LogP contribution in [0.4, 0.5) is 0 Å². The first-order valence-electron chi connectivity index (χ1n) is 9.46. The number of para-hydroxylation sites is 1. The molecule has 2 atom stereocenters. The van der Waals surface area contributed by atoms with E-state index in [1.807, 2.05) is 36.4 Å². The Labute approximate surface area is 167 Å². The van der Waals surface area contributed by atoms with Crippen molar-refractivity contribution >= 4 is 27.5 Å². The van der Waals surface area contributed by atoms with Crippen molar-refractivity contribution in [2.75, 3.05) is 19.6 Å². The van der Waals surface area contributed by atoms with Crippen molar-refractivity contribution in [1.29, 1.82) is 0 Å². The molecule has 0 spiro atoms. The second kappa shape index (κ2) is 7.16. The molecular formula is C21H21N3O3S. The first-order valence-corrected chi connectivity index (χ1v) is 10.3. The van der Waals surface area contributed by atoms with Crippen LogP contribution in [0.1, 0.15) is 12.0 Å². The van der Waals surface area contributed by atoms with Gasteiger partial charge in [-0.25, -0.2) is 4.98 Å². The molecule has 144 valence electrons. The predicted molar refractivity (Wildman–Crippen MR) is 108 cm³/mol. The van der Waals surface area contributed by atoms with Crippen molar-refractivity contribution in [2.45, 2.75) is 25.0 Å². The molecule has 1 aromatic heterocycles. The highest BCUT2D eigenvalue weighted by atomic mass is 32.1. The molecule has 0 amide bonds. The van der Waals surface area contributed by atoms with Crippen molar-refractivity contribution in [2.24, 2.45) is 0 Å². The van der Waals surface area contributed by atoms with E-state index in [0.717, 1.165) is 42.0 Å². The maximum absolute atomic E-state index is 10.9. The molecule has 0 radical (unpaired) electrons. The lowest BCUT2D eigenvalue weighted by Gasteiger charge is -2.33. The number of likely N-dealkylation sites (tertiary alicyclic amines) is 2. The second-order valence-electron chi connectivity index (χ2n) is 7.49. The molecule has 6 nitrogen and oxygen atoms in total. The van der Waals surface area contributed by atoms with Gasteiger partial charge in [0.25, 0.3) is 5.19 Å². The van der Waals surface area contributed by atoms with Crippen LogP contribution in [0.2, 0.25) is 0 Å². The number of rotatable bonds is 6. The Morgan fingerprint density at radius 1 is 1.11 bits per heavy atom. The standard InChI is InChI=1S/C21H21N3O3S/c25-20(26)13-24-12-15-9-16(24)11-23(15)10-14-5-7-17(8-6-14)27-21-22-18-3-1-2-4-19(18)28-21/h1-8,15-16H,9-13H2,(H,25,26)/t15-,16-/m0/s1. The molecule has 2 aliphatic rings. The zero-order chi connectivity index (χ0) is 19.1. The van der Waals surface area contributed by atoms with E-state index in [4.69, 9.17) is 9.84 Å². The van der Waals surface area contributed by atoms with Gasteiger partial charge in [-0.3, -0.25) is 14.6 Å². The van der Waals surface area contributed by atoms with Gasteiger partial charge in [0.2, 0.25) is 0 Å². The molecule has 0 aliphatic carbocycles. The molecule has 28 heavy (non-hydrogen) atoms. The van der Waals surface area contributed by atoms with E-state index >= 15 is 0 Å². The largest absolute Gasteiger partial charge is 0.480 e. The highest BCUT2D eigenvalue weighted by Crippen LogP contribution is 2.33. The van der Waals surface area contributed by atoms with E-state index in [1.54, 1.807) is 11.3 Å². The van der Waals surface area contributed by atoms with Crippen molar-refractivity contribution < 1.29 is 14.6 Å². The predicted octanol–water partition coefficient (Wildman–Crippen LogP) is 3.43. The van der Waals surface area contributed by atoms with E-state index in [2.05, 4.69) is 26.9 Å². The van der Waals surface area contributed by atoms with Crippen molar-refractivity contribution in [3.63, 3.8) is 0 Å². The van der Waals surface area contributed by atoms with Crippen LogP contribution in [0.15, 0.2) is 48.5 Å². The average molecular weight is 395 g/mol. The van der Waals surface area contributed by atoms with E-state index in [1.165, 1.54) is 5.56 Å². The Bertz CT molecular complexity index is 971. The van der Waals surface area contributed by atoms with Gasteiger partial charge in [-0.05, 0) is 36.2 Å². The van der Waals surface area contributed by atoms with Crippen LogP contribution in [-0.4, -0.2) is 57.6 Å². The third-order valence-electron chi connectivity index (χ3n) is 5.59. The quantitative estimate of drug-likeness (QED) is 0.690. The number of fused-ring (bicyclic) bond motifs is 3. The number of piperazine rings is 1. The lowest BCUT2D eigenvalue weighted by atomic mass is 10.2. The molecule has 7 heteroatoms. The topological polar surface area (TPSA) is 65.9 Å². The number of thiazole rings is 1. The number of hydrogen-bond acceptors (Lipinski definition) is 6. The Morgan fingerprint density at radius 3 is 2.57 bits per heavy atom. The SMILES string of the molecule is O=C(O)CN1C[C@@H]2C[C@H]1CN2Cc1ccc(Oc2nc3ccccc3s2)cc1. The molecule has 2 aliphatic heterocycles. The third kappa shape index (κ3) is 3.48. The van der Waals surface area contributed by atoms with Gasteiger partial charge < -0.3 is 9.84 Å². The summed E-state index contributed by atoms with van der Waals surface area (Å²) in [5, 5.41) is 9.66. The Morgan fingerprint density at radius 2 is 1.86 bits per heavy atom. The number of aliphatic carboxylic acids is 1. The fourth-order valence-electron chi connectivity index (χ4n) is 4.29. The minimum Gasteiger partial charge on any atom is -0.480 e. The smallest absolute Gasteiger partial charge is 0.317 e. The van der Waals surface area contributed by atoms with E-state index in [0.29, 0.717) is 17.3 Å². The normalized spacial score (nSPS) is 22.1. The van der Waals surface area contributed by atoms with Gasteiger partial charge in [-0.15, -0.1) is 0 Å². The van der Waals surface area contributed by atoms with Gasteiger partial charge >= 0.3 is 5.97 Å². The maximum atomic E-state index is 10.9. The number of carboxylic acids is 1. The molecule has 1 N–H and O–H groups in total. The summed E-state index contributed by atoms with van der Waals surface area (Å²) in [7, 11) is 0. The molecular weight excluding hydrogens is 374 g/mol. The van der Waals surface area contributed by atoms with Gasteiger partial charge in [0, 0.05) is 31.7 Å². The minimum atomic E-state index is -0.734.